The standard InChI is InChI=1S/C46H60ClF2N5O14/c1-30(68-45(57)64-22-6-8-25-67-54(60)61)28-65-42-31(2)34(19-20-50-42)26-52(35-15-16-35)43(55)36-27-51(44(56)63-21-5-7-24-66-53(58)59)29-46(3,4)39(36)33-13-11-32(12-14-33)10-9-23-62-41-38(49)18-17-37(48)40(41)47/h11-14,17-20,30,35,58-61H,5-10,15-16,21-29H2,1-4H3. The fourth-order valence-corrected chi connectivity index (χ4v) is 7.81. The van der Waals surface area contributed by atoms with Gasteiger partial charge in [-0.05, 0) is 106 Å². The monoisotopic (exact) mass is 979 g/mol. The highest BCUT2D eigenvalue weighted by molar-refractivity contribution is 6.32. The smallest absolute Gasteiger partial charge is 0.489 e. The average molecular weight is 980 g/mol. The number of carbonyl (C=O) groups is 3. The summed E-state index contributed by atoms with van der Waals surface area (Å²) in [6, 6.07) is 11.4. The summed E-state index contributed by atoms with van der Waals surface area (Å²) >= 11 is 5.92. The minimum absolute atomic E-state index is 0.00726. The summed E-state index contributed by atoms with van der Waals surface area (Å²) in [7, 11) is 0. The van der Waals surface area contributed by atoms with Gasteiger partial charge in [0.25, 0.3) is 5.91 Å². The molecular weight excluding hydrogens is 920 g/mol. The maximum Gasteiger partial charge on any atom is 0.508 e. The first-order chi connectivity index (χ1) is 32.4. The van der Waals surface area contributed by atoms with E-state index in [1.54, 1.807) is 13.1 Å². The van der Waals surface area contributed by atoms with Gasteiger partial charge in [-0.25, -0.2) is 23.4 Å². The number of ether oxygens (including phenoxy) is 5. The van der Waals surface area contributed by atoms with Crippen LogP contribution in [0.15, 0.2) is 54.2 Å². The molecule has 1 aliphatic carbocycles. The molecular formula is C46H60ClF2N5O14. The summed E-state index contributed by atoms with van der Waals surface area (Å²) in [6.07, 6.45) is 3.52. The van der Waals surface area contributed by atoms with Crippen molar-refractivity contribution in [2.24, 2.45) is 5.41 Å². The van der Waals surface area contributed by atoms with Crippen molar-refractivity contribution in [1.82, 2.24) is 25.6 Å². The lowest BCUT2D eigenvalue weighted by Crippen LogP contribution is -2.48. The first-order valence-corrected chi connectivity index (χ1v) is 22.7. The average Bonchev–Trinajstić information content (AvgIpc) is 4.14. The van der Waals surface area contributed by atoms with E-state index in [9.17, 15) is 18.4 Å². The minimum atomic E-state index is -0.897. The molecule has 0 saturated heterocycles. The molecule has 1 unspecified atom stereocenters. The van der Waals surface area contributed by atoms with Crippen molar-refractivity contribution in [2.45, 2.75) is 97.8 Å². The van der Waals surface area contributed by atoms with Crippen LogP contribution in [0.5, 0.6) is 11.6 Å². The Morgan fingerprint density at radius 2 is 1.49 bits per heavy atom. The maximum atomic E-state index is 15.1. The van der Waals surface area contributed by atoms with Gasteiger partial charge >= 0.3 is 12.2 Å². The van der Waals surface area contributed by atoms with E-state index in [1.165, 1.54) is 4.90 Å². The Kier molecular flexibility index (Phi) is 20.5. The second kappa shape index (κ2) is 25.9. The number of hydrogen-bond acceptors (Lipinski definition) is 17. The highest BCUT2D eigenvalue weighted by atomic mass is 35.5. The zero-order chi connectivity index (χ0) is 49.4. The van der Waals surface area contributed by atoms with Gasteiger partial charge in [-0.3, -0.25) is 35.3 Å². The summed E-state index contributed by atoms with van der Waals surface area (Å²) < 4.78 is 55.6. The molecule has 5 rings (SSSR count). The Labute approximate surface area is 398 Å². The first kappa shape index (κ1) is 53.7. The van der Waals surface area contributed by atoms with Gasteiger partial charge < -0.3 is 33.5 Å². The van der Waals surface area contributed by atoms with Gasteiger partial charge in [0.2, 0.25) is 5.88 Å². The van der Waals surface area contributed by atoms with Gasteiger partial charge in [-0.15, -0.1) is 0 Å². The summed E-state index contributed by atoms with van der Waals surface area (Å²) in [6.45, 7) is 7.93. The molecule has 0 radical (unpaired) electrons. The van der Waals surface area contributed by atoms with Gasteiger partial charge in [-0.1, -0.05) is 49.7 Å². The van der Waals surface area contributed by atoms with E-state index in [1.807, 2.05) is 56.0 Å². The SMILES string of the molecule is Cc1c(CN(C(=O)C2=C(c3ccc(CCCOc4c(F)ccc(F)c4Cl)cc3)C(C)(C)CN(C(=O)OCCCCON(O)O)C2)C2CC2)ccnc1OCC(C)OC(=O)OCCCCON(O)O. The Morgan fingerprint density at radius 1 is 0.853 bits per heavy atom. The van der Waals surface area contributed by atoms with Crippen LogP contribution in [0.3, 0.4) is 0 Å². The first-order valence-electron chi connectivity index (χ1n) is 22.3. The molecule has 1 atom stereocenters. The maximum absolute atomic E-state index is 15.1. The van der Waals surface area contributed by atoms with E-state index in [4.69, 9.17) is 56.1 Å². The van der Waals surface area contributed by atoms with Crippen molar-refractivity contribution in [3.8, 4) is 11.6 Å². The van der Waals surface area contributed by atoms with E-state index in [-0.39, 0.29) is 88.2 Å². The van der Waals surface area contributed by atoms with Crippen molar-refractivity contribution in [3.05, 3.63) is 93.1 Å². The summed E-state index contributed by atoms with van der Waals surface area (Å²) in [5, 5.41) is 33.5. The van der Waals surface area contributed by atoms with Crippen molar-refractivity contribution < 1.29 is 77.4 Å². The number of unbranched alkanes of at least 4 members (excludes halogenated alkanes) is 2. The lowest BCUT2D eigenvalue weighted by Gasteiger charge is -2.42. The zero-order valence-corrected chi connectivity index (χ0v) is 39.3. The Hall–Kier alpha value is -5.23. The number of halogens is 3. The third-order valence-electron chi connectivity index (χ3n) is 11.1. The number of aryl methyl sites for hydroxylation is 1. The number of aromatic nitrogens is 1. The normalized spacial score (nSPS) is 15.1. The molecule has 1 saturated carbocycles. The Morgan fingerprint density at radius 3 is 2.13 bits per heavy atom. The molecule has 2 heterocycles. The largest absolute Gasteiger partial charge is 0.508 e. The quantitative estimate of drug-likeness (QED) is 0.0257. The predicted molar refractivity (Wildman–Crippen MR) is 236 cm³/mol. The van der Waals surface area contributed by atoms with Crippen LogP contribution in [-0.4, -0.2) is 129 Å². The van der Waals surface area contributed by atoms with E-state index in [0.29, 0.717) is 49.7 Å². The fraction of sp³-hybridized carbons (Fsp3) is 0.522. The van der Waals surface area contributed by atoms with Gasteiger partial charge in [-0.2, -0.15) is 0 Å². The number of benzene rings is 2. The summed E-state index contributed by atoms with van der Waals surface area (Å²) in [5.41, 5.74) is 3.65. The van der Waals surface area contributed by atoms with E-state index < -0.39 is 45.8 Å². The third kappa shape index (κ3) is 16.2. The predicted octanol–water partition coefficient (Wildman–Crippen LogP) is 8.26. The second-order valence-corrected chi connectivity index (χ2v) is 17.4. The molecule has 3 aromatic rings. The number of amides is 2. The zero-order valence-electron chi connectivity index (χ0n) is 38.5. The number of rotatable bonds is 26. The van der Waals surface area contributed by atoms with Crippen LogP contribution in [0.2, 0.25) is 5.02 Å². The van der Waals surface area contributed by atoms with E-state index in [0.717, 1.165) is 47.2 Å². The Balaban J connectivity index is 1.31. The molecule has 1 aliphatic heterocycles. The molecule has 0 spiro atoms. The molecule has 68 heavy (non-hydrogen) atoms. The fourth-order valence-electron chi connectivity index (χ4n) is 7.60. The highest BCUT2D eigenvalue weighted by Gasteiger charge is 2.43. The van der Waals surface area contributed by atoms with Crippen molar-refractivity contribution in [1.29, 1.82) is 0 Å². The minimum Gasteiger partial charge on any atom is -0.489 e. The number of nitrogens with zero attached hydrogens (tertiary/aromatic N) is 5. The van der Waals surface area contributed by atoms with Crippen molar-refractivity contribution in [2.75, 3.05) is 52.7 Å². The van der Waals surface area contributed by atoms with Gasteiger partial charge in [0.15, 0.2) is 11.6 Å². The molecule has 1 aromatic heterocycles. The second-order valence-electron chi connectivity index (χ2n) is 17.0. The molecule has 22 heteroatoms. The third-order valence-corrected chi connectivity index (χ3v) is 11.4. The van der Waals surface area contributed by atoms with Crippen LogP contribution >= 0.6 is 11.6 Å². The van der Waals surface area contributed by atoms with Gasteiger partial charge in [0, 0.05) is 41.9 Å². The van der Waals surface area contributed by atoms with Crippen LogP contribution in [0.25, 0.3) is 5.57 Å². The highest BCUT2D eigenvalue weighted by Crippen LogP contribution is 2.44. The topological polar surface area (TPSA) is 223 Å². The van der Waals surface area contributed by atoms with Crippen LogP contribution < -0.4 is 9.47 Å². The lowest BCUT2D eigenvalue weighted by molar-refractivity contribution is -0.492. The molecule has 2 aliphatic rings. The number of hydrogen-bond donors (Lipinski definition) is 4. The number of carbonyl (C=O) groups excluding carboxylic acids is 3. The van der Waals surface area contributed by atoms with Crippen LogP contribution in [0.4, 0.5) is 18.4 Å². The van der Waals surface area contributed by atoms with Crippen LogP contribution in [-0.2, 0) is 41.6 Å². The van der Waals surface area contributed by atoms with Crippen LogP contribution in [0, 0.1) is 24.0 Å². The molecule has 0 bridgehead atoms. The van der Waals surface area contributed by atoms with E-state index >= 15 is 4.79 Å². The molecule has 19 nitrogen and oxygen atoms in total. The Bertz CT molecular complexity index is 2180. The molecule has 4 N–H and O–H groups in total. The molecule has 2 amide bonds. The molecule has 1 fully saturated rings. The summed E-state index contributed by atoms with van der Waals surface area (Å²) in [4.78, 5) is 57.7. The van der Waals surface area contributed by atoms with Gasteiger partial charge in [0.05, 0.1) is 50.4 Å². The van der Waals surface area contributed by atoms with E-state index in [2.05, 4.69) is 14.7 Å². The van der Waals surface area contributed by atoms with Gasteiger partial charge in [0.1, 0.15) is 23.6 Å². The summed E-state index contributed by atoms with van der Waals surface area (Å²) in [5.74, 6) is -1.83. The molecule has 2 aromatic carbocycles. The van der Waals surface area contributed by atoms with Crippen molar-refractivity contribution in [3.63, 3.8) is 0 Å². The lowest BCUT2D eigenvalue weighted by atomic mass is 9.74. The van der Waals surface area contributed by atoms with Crippen molar-refractivity contribution >= 4 is 35.3 Å². The molecule has 374 valence electrons. The van der Waals surface area contributed by atoms with Crippen LogP contribution in [0.1, 0.15) is 88.0 Å². The number of pyridine rings is 1.